The van der Waals surface area contributed by atoms with E-state index >= 15 is 0 Å². The van der Waals surface area contributed by atoms with Crippen molar-refractivity contribution in [1.29, 1.82) is 0 Å². The fraction of sp³-hybridized carbons (Fsp3) is 0.292. The first-order valence-electron chi connectivity index (χ1n) is 10.5. The Labute approximate surface area is 194 Å². The number of nitrogens with one attached hydrogen (secondary N) is 1. The first-order valence-corrected chi connectivity index (χ1v) is 14.4. The van der Waals surface area contributed by atoms with Gasteiger partial charge in [0.05, 0.1) is 23.8 Å². The summed E-state index contributed by atoms with van der Waals surface area (Å²) >= 11 is 6.56. The van der Waals surface area contributed by atoms with Crippen LogP contribution in [0, 0.1) is 11.5 Å². The lowest BCUT2D eigenvalue weighted by Gasteiger charge is -2.26. The minimum absolute atomic E-state index is 0.0180. The number of fused-ring (bicyclic) bond motifs is 1. The van der Waals surface area contributed by atoms with E-state index in [1.54, 1.807) is 6.20 Å². The molecule has 0 aliphatic carbocycles. The molecule has 6 nitrogen and oxygen atoms in total. The Kier molecular flexibility index (Phi) is 6.47. The maximum atomic E-state index is 12.6. The normalized spacial score (nSPS) is 14.1. The molecule has 0 spiro atoms. The molecule has 1 aliphatic rings. The van der Waals surface area contributed by atoms with Gasteiger partial charge >= 0.3 is 0 Å². The van der Waals surface area contributed by atoms with Crippen LogP contribution in [0.4, 0.5) is 11.6 Å². The average Bonchev–Trinajstić information content (AvgIpc) is 2.79. The summed E-state index contributed by atoms with van der Waals surface area (Å²) < 4.78 is 5.31. The van der Waals surface area contributed by atoms with Crippen LogP contribution in [0.3, 0.4) is 0 Å². The third-order valence-electron chi connectivity index (χ3n) is 4.96. The summed E-state index contributed by atoms with van der Waals surface area (Å²) in [5.41, 5.74) is 6.32. The Morgan fingerprint density at radius 2 is 1.84 bits per heavy atom. The number of ether oxygens (including phenoxy) is 1. The van der Waals surface area contributed by atoms with Crippen LogP contribution in [0.1, 0.15) is 15.9 Å². The zero-order valence-corrected chi connectivity index (χ0v) is 20.2. The zero-order valence-electron chi connectivity index (χ0n) is 18.4. The number of hydrogen-bond acceptors (Lipinski definition) is 5. The molecule has 1 N–H and O–H groups in total. The number of hydrogen-bond donors (Lipinski definition) is 1. The van der Waals surface area contributed by atoms with Crippen molar-refractivity contribution in [2.75, 3.05) is 31.6 Å². The Bertz CT molecular complexity index is 1210. The first kappa shape index (κ1) is 22.3. The number of aromatic nitrogens is 2. The molecule has 0 saturated carbocycles. The number of morpholine rings is 1. The molecule has 32 heavy (non-hydrogen) atoms. The van der Waals surface area contributed by atoms with E-state index in [4.69, 9.17) is 16.3 Å². The van der Waals surface area contributed by atoms with Crippen LogP contribution >= 0.6 is 11.6 Å². The number of benzene rings is 2. The van der Waals surface area contributed by atoms with Gasteiger partial charge in [0.25, 0.3) is 5.91 Å². The first-order chi connectivity index (χ1) is 15.3. The topological polar surface area (TPSA) is 67.4 Å². The van der Waals surface area contributed by atoms with Crippen molar-refractivity contribution >= 4 is 48.1 Å². The quantitative estimate of drug-likeness (QED) is 0.448. The lowest BCUT2D eigenvalue weighted by molar-refractivity contribution is 0.0303. The summed E-state index contributed by atoms with van der Waals surface area (Å²) in [6, 6.07) is 11.1. The van der Waals surface area contributed by atoms with Gasteiger partial charge < -0.3 is 15.0 Å². The van der Waals surface area contributed by atoms with E-state index in [9.17, 15) is 4.79 Å². The Morgan fingerprint density at radius 3 is 2.53 bits per heavy atom. The molecule has 3 aromatic rings. The maximum absolute atomic E-state index is 12.6. The van der Waals surface area contributed by atoms with Gasteiger partial charge in [-0.15, -0.1) is 5.54 Å². The molecule has 0 atom stereocenters. The molecule has 0 unspecified atom stereocenters. The maximum Gasteiger partial charge on any atom is 0.254 e. The standard InChI is InChI=1S/C24H25ClN4O2Si/c1-32(2,3)15-10-17-6-9-21-20(22(17)25)16-26-24(28-21)27-19-7-4-18(5-8-19)23(30)29-11-13-31-14-12-29/h4-9,16H,11-14H2,1-3H3,(H,26,27,28). The smallest absolute Gasteiger partial charge is 0.254 e. The second-order valence-corrected chi connectivity index (χ2v) is 13.8. The van der Waals surface area contributed by atoms with Gasteiger partial charge in [0.1, 0.15) is 8.07 Å². The van der Waals surface area contributed by atoms with E-state index in [0.717, 1.165) is 22.2 Å². The molecule has 8 heteroatoms. The molecular formula is C24H25ClN4O2Si. The van der Waals surface area contributed by atoms with Crippen LogP contribution in [-0.4, -0.2) is 55.2 Å². The van der Waals surface area contributed by atoms with Crippen molar-refractivity contribution in [2.45, 2.75) is 19.6 Å². The molecular weight excluding hydrogens is 440 g/mol. The van der Waals surface area contributed by atoms with Crippen molar-refractivity contribution in [3.8, 4) is 11.5 Å². The number of nitrogens with zero attached hydrogens (tertiary/aromatic N) is 3. The van der Waals surface area contributed by atoms with Gasteiger partial charge in [0.2, 0.25) is 5.95 Å². The molecule has 1 fully saturated rings. The lowest BCUT2D eigenvalue weighted by atomic mass is 10.1. The number of halogens is 1. The van der Waals surface area contributed by atoms with E-state index in [-0.39, 0.29) is 5.91 Å². The lowest BCUT2D eigenvalue weighted by Crippen LogP contribution is -2.40. The third-order valence-corrected chi connectivity index (χ3v) is 6.24. The van der Waals surface area contributed by atoms with Gasteiger partial charge in [-0.3, -0.25) is 4.79 Å². The number of carbonyl (C=O) groups excluding carboxylic acids is 1. The van der Waals surface area contributed by atoms with Gasteiger partial charge in [-0.05, 0) is 36.4 Å². The molecule has 4 rings (SSSR count). The second kappa shape index (κ2) is 9.29. The number of anilines is 2. The summed E-state index contributed by atoms with van der Waals surface area (Å²) in [6.07, 6.45) is 1.71. The van der Waals surface area contributed by atoms with Crippen LogP contribution in [-0.2, 0) is 4.74 Å². The monoisotopic (exact) mass is 464 g/mol. The minimum Gasteiger partial charge on any atom is -0.378 e. The largest absolute Gasteiger partial charge is 0.378 e. The Hall–Kier alpha value is -2.92. The average molecular weight is 465 g/mol. The van der Waals surface area contributed by atoms with Crippen LogP contribution in [0.15, 0.2) is 42.6 Å². The van der Waals surface area contributed by atoms with E-state index in [1.165, 1.54) is 0 Å². The molecule has 1 amide bonds. The summed E-state index contributed by atoms with van der Waals surface area (Å²) in [6.45, 7) is 9.00. The Balaban J connectivity index is 1.50. The predicted molar refractivity (Wildman–Crippen MR) is 131 cm³/mol. The zero-order chi connectivity index (χ0) is 22.7. The van der Waals surface area contributed by atoms with E-state index in [2.05, 4.69) is 46.4 Å². The highest BCUT2D eigenvalue weighted by molar-refractivity contribution is 6.83. The van der Waals surface area contributed by atoms with Crippen molar-refractivity contribution < 1.29 is 9.53 Å². The molecule has 1 aliphatic heterocycles. The second-order valence-electron chi connectivity index (χ2n) is 8.66. The van der Waals surface area contributed by atoms with Gasteiger partial charge in [0, 0.05) is 41.5 Å². The number of rotatable bonds is 3. The van der Waals surface area contributed by atoms with Crippen molar-refractivity contribution in [3.05, 3.63) is 58.7 Å². The van der Waals surface area contributed by atoms with Gasteiger partial charge in [-0.25, -0.2) is 9.97 Å². The third kappa shape index (κ3) is 5.28. The molecule has 1 saturated heterocycles. The fourth-order valence-electron chi connectivity index (χ4n) is 3.26. The number of amides is 1. The summed E-state index contributed by atoms with van der Waals surface area (Å²) in [5.74, 6) is 3.69. The summed E-state index contributed by atoms with van der Waals surface area (Å²) in [5, 5.41) is 4.53. The van der Waals surface area contributed by atoms with Gasteiger partial charge in [-0.1, -0.05) is 37.2 Å². The van der Waals surface area contributed by atoms with Crippen LogP contribution in [0.5, 0.6) is 0 Å². The van der Waals surface area contributed by atoms with Gasteiger partial charge in [-0.2, -0.15) is 0 Å². The molecule has 1 aromatic heterocycles. The van der Waals surface area contributed by atoms with Crippen LogP contribution in [0.2, 0.25) is 24.7 Å². The van der Waals surface area contributed by atoms with Crippen molar-refractivity contribution in [1.82, 2.24) is 14.9 Å². The highest BCUT2D eigenvalue weighted by atomic mass is 35.5. The molecule has 2 aromatic carbocycles. The molecule has 0 bridgehead atoms. The number of carbonyl (C=O) groups is 1. The molecule has 0 radical (unpaired) electrons. The molecule has 2 heterocycles. The minimum atomic E-state index is -1.49. The van der Waals surface area contributed by atoms with E-state index in [0.29, 0.717) is 42.8 Å². The van der Waals surface area contributed by atoms with E-state index < -0.39 is 8.07 Å². The highest BCUT2D eigenvalue weighted by Crippen LogP contribution is 2.27. The van der Waals surface area contributed by atoms with Crippen molar-refractivity contribution in [3.63, 3.8) is 0 Å². The summed E-state index contributed by atoms with van der Waals surface area (Å²) in [7, 11) is -1.49. The van der Waals surface area contributed by atoms with E-state index in [1.807, 2.05) is 41.3 Å². The van der Waals surface area contributed by atoms with Gasteiger partial charge in [0.15, 0.2) is 0 Å². The predicted octanol–water partition coefficient (Wildman–Crippen LogP) is 4.73. The summed E-state index contributed by atoms with van der Waals surface area (Å²) in [4.78, 5) is 23.4. The van der Waals surface area contributed by atoms with Crippen molar-refractivity contribution in [2.24, 2.45) is 0 Å². The fourth-order valence-corrected chi connectivity index (χ4v) is 4.02. The Morgan fingerprint density at radius 1 is 1.12 bits per heavy atom. The van der Waals surface area contributed by atoms with Crippen LogP contribution in [0.25, 0.3) is 10.9 Å². The van der Waals surface area contributed by atoms with Crippen LogP contribution < -0.4 is 5.32 Å². The highest BCUT2D eigenvalue weighted by Gasteiger charge is 2.18. The molecule has 164 valence electrons. The SMILES string of the molecule is C[Si](C)(C)C#Cc1ccc2nc(Nc3ccc(C(=O)N4CCOCC4)cc3)ncc2c1Cl.